The van der Waals surface area contributed by atoms with Crippen LogP contribution < -0.4 is 19.5 Å². The normalized spacial score (nSPS) is 15.0. The zero-order chi connectivity index (χ0) is 36.5. The zero-order valence-electron chi connectivity index (χ0n) is 28.1. The van der Waals surface area contributed by atoms with Gasteiger partial charge >= 0.3 is 0 Å². The van der Waals surface area contributed by atoms with Crippen molar-refractivity contribution < 1.29 is 29.5 Å². The van der Waals surface area contributed by atoms with Crippen LogP contribution in [0.15, 0.2) is 66.7 Å². The number of nitrogens with one attached hydrogen (secondary N) is 1. The minimum absolute atomic E-state index is 0.0929. The number of halogens is 5. The number of β-amino-alcohol motifs (C(OH)–C–C–N with tert-alkyl or cyclic N) is 1. The Kier molecular flexibility index (Phi) is 14.4. The first kappa shape index (κ1) is 39.7. The van der Waals surface area contributed by atoms with Crippen LogP contribution in [-0.2, 0) is 19.8 Å². The highest BCUT2D eigenvalue weighted by Gasteiger charge is 2.23. The molecule has 1 aliphatic rings. The predicted molar refractivity (Wildman–Crippen MR) is 205 cm³/mol. The van der Waals surface area contributed by atoms with E-state index >= 15 is 0 Å². The number of hydrogen-bond donors (Lipinski definition) is 4. The van der Waals surface area contributed by atoms with Crippen LogP contribution >= 0.6 is 58.0 Å². The van der Waals surface area contributed by atoms with Crippen molar-refractivity contribution in [2.24, 2.45) is 0 Å². The number of hydrogen-bond acceptors (Lipinski definition) is 8. The molecule has 1 heterocycles. The number of aliphatic hydroxyl groups is 3. The van der Waals surface area contributed by atoms with Crippen LogP contribution in [0.3, 0.4) is 0 Å². The fraction of sp³-hybridized carbons (Fsp3) is 0.368. The Balaban J connectivity index is 1.31. The lowest BCUT2D eigenvalue weighted by molar-refractivity contribution is 0.103. The first-order valence-corrected chi connectivity index (χ1v) is 18.5. The highest BCUT2D eigenvalue weighted by atomic mass is 35.5. The van der Waals surface area contributed by atoms with Crippen molar-refractivity contribution in [2.75, 3.05) is 39.5 Å². The maximum atomic E-state index is 9.79. The SMILES string of the molecule is CC(CO)(CO)NCc1cc(Cl)c(OCc2cccc(-c3cccc(OCCCN4CC[C@@H](O)C4)c3Cl)c2Cl)cc1OCc1cc(Cl)ccc1Cl. The molecule has 1 aliphatic heterocycles. The Bertz CT molecular complexity index is 1790. The van der Waals surface area contributed by atoms with Gasteiger partial charge in [0.1, 0.15) is 30.5 Å². The van der Waals surface area contributed by atoms with E-state index in [1.54, 1.807) is 37.3 Å². The maximum Gasteiger partial charge on any atom is 0.142 e. The number of ether oxygens (including phenoxy) is 3. The van der Waals surface area contributed by atoms with Crippen LogP contribution in [0.25, 0.3) is 11.1 Å². The third-order valence-electron chi connectivity index (χ3n) is 8.75. The monoisotopic (exact) mass is 796 g/mol. The van der Waals surface area contributed by atoms with E-state index in [1.165, 1.54) is 0 Å². The van der Waals surface area contributed by atoms with Crippen molar-refractivity contribution in [3.8, 4) is 28.4 Å². The highest BCUT2D eigenvalue weighted by molar-refractivity contribution is 6.37. The van der Waals surface area contributed by atoms with Crippen molar-refractivity contribution in [1.82, 2.24) is 10.2 Å². The van der Waals surface area contributed by atoms with Crippen molar-refractivity contribution in [3.63, 3.8) is 0 Å². The van der Waals surface area contributed by atoms with Gasteiger partial charge in [-0.1, -0.05) is 88.3 Å². The van der Waals surface area contributed by atoms with Crippen LogP contribution in [0.5, 0.6) is 17.2 Å². The van der Waals surface area contributed by atoms with Crippen LogP contribution in [0, 0.1) is 0 Å². The second-order valence-corrected chi connectivity index (χ2v) is 14.8. The fourth-order valence-corrected chi connectivity index (χ4v) is 6.78. The number of aliphatic hydroxyl groups excluding tert-OH is 3. The Morgan fingerprint density at radius 3 is 2.20 bits per heavy atom. The minimum atomic E-state index is -0.926. The van der Waals surface area contributed by atoms with E-state index in [1.807, 2.05) is 36.4 Å². The van der Waals surface area contributed by atoms with Gasteiger partial charge in [-0.15, -0.1) is 0 Å². The van der Waals surface area contributed by atoms with E-state index < -0.39 is 5.54 Å². The lowest BCUT2D eigenvalue weighted by Crippen LogP contribution is -2.48. The van der Waals surface area contributed by atoms with Gasteiger partial charge < -0.3 is 39.7 Å². The molecule has 0 aromatic heterocycles. The average Bonchev–Trinajstić information content (AvgIpc) is 3.55. The molecule has 4 aromatic carbocycles. The fourth-order valence-electron chi connectivity index (χ4n) is 5.61. The largest absolute Gasteiger partial charge is 0.492 e. The van der Waals surface area contributed by atoms with Gasteiger partial charge in [0.15, 0.2) is 0 Å². The number of nitrogens with zero attached hydrogens (tertiary/aromatic N) is 1. The third kappa shape index (κ3) is 10.6. The summed E-state index contributed by atoms with van der Waals surface area (Å²) in [6.45, 7) is 4.54. The van der Waals surface area contributed by atoms with Gasteiger partial charge in [-0.2, -0.15) is 0 Å². The van der Waals surface area contributed by atoms with Gasteiger partial charge in [0.05, 0.1) is 46.5 Å². The molecule has 13 heteroatoms. The molecule has 1 fully saturated rings. The summed E-state index contributed by atoms with van der Waals surface area (Å²) in [5.74, 6) is 1.38. The molecule has 0 spiro atoms. The highest BCUT2D eigenvalue weighted by Crippen LogP contribution is 2.41. The van der Waals surface area contributed by atoms with Crippen LogP contribution in [0.2, 0.25) is 25.1 Å². The Labute approximate surface area is 323 Å². The molecule has 4 N–H and O–H groups in total. The smallest absolute Gasteiger partial charge is 0.142 e. The predicted octanol–water partition coefficient (Wildman–Crippen LogP) is 8.45. The van der Waals surface area contributed by atoms with Gasteiger partial charge in [0, 0.05) is 70.1 Å². The molecule has 0 radical (unpaired) electrons. The summed E-state index contributed by atoms with van der Waals surface area (Å²) in [4.78, 5) is 2.23. The summed E-state index contributed by atoms with van der Waals surface area (Å²) in [6.07, 6.45) is 1.38. The summed E-state index contributed by atoms with van der Waals surface area (Å²) >= 11 is 33.1. The zero-order valence-corrected chi connectivity index (χ0v) is 31.9. The third-order valence-corrected chi connectivity index (χ3v) is 10.5. The summed E-state index contributed by atoms with van der Waals surface area (Å²) in [5.41, 5.74) is 2.60. The van der Waals surface area contributed by atoms with Gasteiger partial charge in [-0.3, -0.25) is 0 Å². The lowest BCUT2D eigenvalue weighted by atomic mass is 10.0. The van der Waals surface area contributed by atoms with Crippen molar-refractivity contribution >= 4 is 58.0 Å². The van der Waals surface area contributed by atoms with E-state index in [-0.39, 0.29) is 39.1 Å². The molecular formula is C38H41Cl5N2O6. The lowest BCUT2D eigenvalue weighted by Gasteiger charge is -2.27. The summed E-state index contributed by atoms with van der Waals surface area (Å²) in [6, 6.07) is 19.8. The Hall–Kier alpha value is -2.47. The standard InChI is InChI=1S/C38H41Cl5N2O6/c1-38(22-46,23-47)44-18-25-16-32(41)35(17-34(25)50-21-26-15-27(39)9-10-31(26)40)51-20-24-5-2-6-29(36(24)42)30-7-3-8-33(37(30)43)49-14-4-12-45-13-11-28(48)19-45/h2-3,5-10,15-17,28,44,46-48H,4,11-14,18-23H2,1H3/t28-/m1/s1. The van der Waals surface area contributed by atoms with Gasteiger partial charge in [-0.05, 0) is 50.1 Å². The molecule has 0 amide bonds. The number of benzene rings is 4. The van der Waals surface area contributed by atoms with Crippen LogP contribution in [0.1, 0.15) is 36.5 Å². The Morgan fingerprint density at radius 2 is 1.47 bits per heavy atom. The quantitative estimate of drug-likeness (QED) is 0.0790. The van der Waals surface area contributed by atoms with E-state index in [0.717, 1.165) is 37.1 Å². The first-order chi connectivity index (χ1) is 24.5. The van der Waals surface area contributed by atoms with Crippen LogP contribution in [0.4, 0.5) is 0 Å². The molecule has 274 valence electrons. The molecule has 0 bridgehead atoms. The number of rotatable bonds is 17. The van der Waals surface area contributed by atoms with Gasteiger partial charge in [-0.25, -0.2) is 0 Å². The average molecular weight is 799 g/mol. The summed E-state index contributed by atoms with van der Waals surface area (Å²) < 4.78 is 18.5. The molecule has 51 heavy (non-hydrogen) atoms. The number of likely N-dealkylation sites (tertiary alicyclic amines) is 1. The van der Waals surface area contributed by atoms with Gasteiger partial charge in [0.2, 0.25) is 0 Å². The minimum Gasteiger partial charge on any atom is -0.492 e. The topological polar surface area (TPSA) is 104 Å². The van der Waals surface area contributed by atoms with Crippen LogP contribution in [-0.4, -0.2) is 71.3 Å². The second-order valence-electron chi connectivity index (χ2n) is 12.8. The summed E-state index contributed by atoms with van der Waals surface area (Å²) in [5, 5.41) is 34.8. The Morgan fingerprint density at radius 1 is 0.765 bits per heavy atom. The maximum absolute atomic E-state index is 9.79. The molecule has 8 nitrogen and oxygen atoms in total. The van der Waals surface area contributed by atoms with E-state index in [2.05, 4.69) is 10.2 Å². The summed E-state index contributed by atoms with van der Waals surface area (Å²) in [7, 11) is 0. The second kappa shape index (κ2) is 18.5. The van der Waals surface area contributed by atoms with Crippen molar-refractivity contribution in [2.45, 2.75) is 51.2 Å². The van der Waals surface area contributed by atoms with E-state index in [0.29, 0.717) is 72.2 Å². The van der Waals surface area contributed by atoms with Crippen molar-refractivity contribution in [1.29, 1.82) is 0 Å². The molecular weight excluding hydrogens is 758 g/mol. The van der Waals surface area contributed by atoms with Crippen molar-refractivity contribution in [3.05, 3.63) is 109 Å². The molecule has 5 rings (SSSR count). The molecule has 0 unspecified atom stereocenters. The van der Waals surface area contributed by atoms with Gasteiger partial charge in [0.25, 0.3) is 0 Å². The first-order valence-electron chi connectivity index (χ1n) is 16.6. The molecule has 0 saturated carbocycles. The molecule has 1 saturated heterocycles. The van der Waals surface area contributed by atoms with E-state index in [4.69, 9.17) is 72.2 Å². The molecule has 4 aromatic rings. The molecule has 0 aliphatic carbocycles. The van der Waals surface area contributed by atoms with E-state index in [9.17, 15) is 15.3 Å². The molecule has 1 atom stereocenters.